The van der Waals surface area contributed by atoms with Crippen LogP contribution in [0.2, 0.25) is 0 Å². The van der Waals surface area contributed by atoms with Crippen molar-refractivity contribution >= 4 is 5.69 Å². The van der Waals surface area contributed by atoms with Gasteiger partial charge in [-0.25, -0.2) is 0 Å². The average Bonchev–Trinajstić information content (AvgIpc) is 2.75. The summed E-state index contributed by atoms with van der Waals surface area (Å²) in [5.74, 6) is 1.64. The molecule has 0 unspecified atom stereocenters. The molecule has 1 aromatic rings. The predicted molar refractivity (Wildman–Crippen MR) is 68.8 cm³/mol. The normalized spacial score (nSPS) is 23.5. The lowest BCUT2D eigenvalue weighted by Crippen LogP contribution is -2.35. The third-order valence-corrected chi connectivity index (χ3v) is 3.32. The Morgan fingerprint density at radius 3 is 2.65 bits per heavy atom. The third kappa shape index (κ3) is 2.64. The maximum Gasteiger partial charge on any atom is 0.142 e. The molecule has 0 aromatic heterocycles. The van der Waals surface area contributed by atoms with Gasteiger partial charge in [0.1, 0.15) is 11.5 Å². The molecule has 1 aliphatic rings. The molecule has 1 saturated carbocycles. The molecule has 0 bridgehead atoms. The standard InChI is InChI=1S/C13H20N2O2/c1-16-9-6-7-13(17-2)12(8-9)15-11-5-3-4-10(11)14/h6-8,10-11,15H,3-5,14H2,1-2H3/t10-,11+/m1/s1. The minimum absolute atomic E-state index is 0.228. The van der Waals surface area contributed by atoms with E-state index in [9.17, 15) is 0 Å². The monoisotopic (exact) mass is 236 g/mol. The van der Waals surface area contributed by atoms with Gasteiger partial charge in [0.05, 0.1) is 19.9 Å². The summed E-state index contributed by atoms with van der Waals surface area (Å²) < 4.78 is 10.6. The largest absolute Gasteiger partial charge is 0.497 e. The summed E-state index contributed by atoms with van der Waals surface area (Å²) in [6.45, 7) is 0. The summed E-state index contributed by atoms with van der Waals surface area (Å²) in [4.78, 5) is 0. The molecule has 0 radical (unpaired) electrons. The zero-order chi connectivity index (χ0) is 12.3. The van der Waals surface area contributed by atoms with Crippen molar-refractivity contribution in [2.75, 3.05) is 19.5 Å². The minimum atomic E-state index is 0.228. The van der Waals surface area contributed by atoms with E-state index in [1.165, 1.54) is 6.42 Å². The second-order valence-electron chi connectivity index (χ2n) is 4.41. The third-order valence-electron chi connectivity index (χ3n) is 3.32. The van der Waals surface area contributed by atoms with E-state index < -0.39 is 0 Å². The first kappa shape index (κ1) is 12.0. The van der Waals surface area contributed by atoms with Crippen LogP contribution >= 0.6 is 0 Å². The van der Waals surface area contributed by atoms with Crippen molar-refractivity contribution in [2.45, 2.75) is 31.3 Å². The molecule has 0 heterocycles. The average molecular weight is 236 g/mol. The Labute approximate surface area is 102 Å². The van der Waals surface area contributed by atoms with E-state index in [2.05, 4.69) is 5.32 Å². The Balaban J connectivity index is 2.17. The molecule has 0 aliphatic heterocycles. The van der Waals surface area contributed by atoms with Crippen LogP contribution in [0.4, 0.5) is 5.69 Å². The molecule has 4 nitrogen and oxygen atoms in total. The lowest BCUT2D eigenvalue weighted by atomic mass is 10.1. The summed E-state index contributed by atoms with van der Waals surface area (Å²) in [5, 5.41) is 3.45. The lowest BCUT2D eigenvalue weighted by Gasteiger charge is -2.20. The van der Waals surface area contributed by atoms with Crippen LogP contribution in [0.1, 0.15) is 19.3 Å². The fraction of sp³-hybridized carbons (Fsp3) is 0.538. The van der Waals surface area contributed by atoms with E-state index in [1.54, 1.807) is 14.2 Å². The lowest BCUT2D eigenvalue weighted by molar-refractivity contribution is 0.404. The van der Waals surface area contributed by atoms with Crippen molar-refractivity contribution in [1.29, 1.82) is 0 Å². The molecule has 4 heteroatoms. The number of nitrogens with two attached hydrogens (primary N) is 1. The first-order valence-electron chi connectivity index (χ1n) is 5.98. The molecule has 17 heavy (non-hydrogen) atoms. The van der Waals surface area contributed by atoms with Gasteiger partial charge in [-0.05, 0) is 31.4 Å². The summed E-state index contributed by atoms with van der Waals surface area (Å²) in [6, 6.07) is 6.30. The van der Waals surface area contributed by atoms with Crippen molar-refractivity contribution in [3.05, 3.63) is 18.2 Å². The van der Waals surface area contributed by atoms with Crippen LogP contribution in [-0.4, -0.2) is 26.3 Å². The first-order chi connectivity index (χ1) is 8.24. The molecule has 2 rings (SSSR count). The molecule has 1 fully saturated rings. The number of hydrogen-bond acceptors (Lipinski definition) is 4. The molecule has 0 amide bonds. The van der Waals surface area contributed by atoms with Crippen molar-refractivity contribution in [1.82, 2.24) is 0 Å². The van der Waals surface area contributed by atoms with Gasteiger partial charge in [-0.2, -0.15) is 0 Å². The SMILES string of the molecule is COc1ccc(OC)c(N[C@H]2CCC[C@H]2N)c1. The Morgan fingerprint density at radius 2 is 2.06 bits per heavy atom. The van der Waals surface area contributed by atoms with Gasteiger partial charge in [0.25, 0.3) is 0 Å². The van der Waals surface area contributed by atoms with Crippen molar-refractivity contribution in [3.63, 3.8) is 0 Å². The van der Waals surface area contributed by atoms with Crippen LogP contribution in [0.25, 0.3) is 0 Å². The second kappa shape index (κ2) is 5.27. The summed E-state index contributed by atoms with van der Waals surface area (Å²) in [5.41, 5.74) is 7.01. The molecular weight excluding hydrogens is 216 g/mol. The van der Waals surface area contributed by atoms with E-state index in [-0.39, 0.29) is 6.04 Å². The number of methoxy groups -OCH3 is 2. The van der Waals surface area contributed by atoms with E-state index in [0.29, 0.717) is 6.04 Å². The summed E-state index contributed by atoms with van der Waals surface area (Å²) in [7, 11) is 3.33. The van der Waals surface area contributed by atoms with Crippen molar-refractivity contribution < 1.29 is 9.47 Å². The predicted octanol–water partition coefficient (Wildman–Crippen LogP) is 2.00. The maximum absolute atomic E-state index is 6.05. The van der Waals surface area contributed by atoms with Crippen molar-refractivity contribution in [3.8, 4) is 11.5 Å². The van der Waals surface area contributed by atoms with Crippen LogP contribution < -0.4 is 20.5 Å². The number of anilines is 1. The molecule has 94 valence electrons. The Kier molecular flexibility index (Phi) is 3.74. The molecule has 3 N–H and O–H groups in total. The molecule has 0 saturated heterocycles. The molecular formula is C13H20N2O2. The van der Waals surface area contributed by atoms with E-state index in [1.807, 2.05) is 18.2 Å². The second-order valence-corrected chi connectivity index (χ2v) is 4.41. The summed E-state index contributed by atoms with van der Waals surface area (Å²) >= 11 is 0. The zero-order valence-corrected chi connectivity index (χ0v) is 10.4. The van der Waals surface area contributed by atoms with Crippen molar-refractivity contribution in [2.24, 2.45) is 5.73 Å². The molecule has 1 aromatic carbocycles. The fourth-order valence-corrected chi connectivity index (χ4v) is 2.29. The number of benzene rings is 1. The zero-order valence-electron chi connectivity index (χ0n) is 10.4. The van der Waals surface area contributed by atoms with Crippen LogP contribution in [0.5, 0.6) is 11.5 Å². The quantitative estimate of drug-likeness (QED) is 0.839. The minimum Gasteiger partial charge on any atom is -0.497 e. The van der Waals surface area contributed by atoms with Crippen LogP contribution in [-0.2, 0) is 0 Å². The van der Waals surface area contributed by atoms with Gasteiger partial charge in [0.2, 0.25) is 0 Å². The first-order valence-corrected chi connectivity index (χ1v) is 5.98. The van der Waals surface area contributed by atoms with Gasteiger partial charge in [0, 0.05) is 18.2 Å². The molecule has 2 atom stereocenters. The highest BCUT2D eigenvalue weighted by molar-refractivity contribution is 5.60. The van der Waals surface area contributed by atoms with Crippen LogP contribution in [0, 0.1) is 0 Å². The number of nitrogens with one attached hydrogen (secondary N) is 1. The summed E-state index contributed by atoms with van der Waals surface area (Å²) in [6.07, 6.45) is 3.39. The van der Waals surface area contributed by atoms with Gasteiger partial charge in [0.15, 0.2) is 0 Å². The Morgan fingerprint density at radius 1 is 1.24 bits per heavy atom. The van der Waals surface area contributed by atoms with Gasteiger partial charge in [-0.1, -0.05) is 0 Å². The highest BCUT2D eigenvalue weighted by Gasteiger charge is 2.24. The highest BCUT2D eigenvalue weighted by atomic mass is 16.5. The number of hydrogen-bond donors (Lipinski definition) is 2. The van der Waals surface area contributed by atoms with Gasteiger partial charge in [-0.3, -0.25) is 0 Å². The van der Waals surface area contributed by atoms with Gasteiger partial charge >= 0.3 is 0 Å². The molecule has 1 aliphatic carbocycles. The smallest absolute Gasteiger partial charge is 0.142 e. The Hall–Kier alpha value is -1.42. The van der Waals surface area contributed by atoms with E-state index >= 15 is 0 Å². The van der Waals surface area contributed by atoms with Crippen LogP contribution in [0.3, 0.4) is 0 Å². The maximum atomic E-state index is 6.05. The highest BCUT2D eigenvalue weighted by Crippen LogP contribution is 2.31. The van der Waals surface area contributed by atoms with Gasteiger partial charge < -0.3 is 20.5 Å². The van der Waals surface area contributed by atoms with Gasteiger partial charge in [-0.15, -0.1) is 0 Å². The molecule has 0 spiro atoms. The van der Waals surface area contributed by atoms with Crippen LogP contribution in [0.15, 0.2) is 18.2 Å². The van der Waals surface area contributed by atoms with E-state index in [0.717, 1.165) is 30.0 Å². The fourth-order valence-electron chi connectivity index (χ4n) is 2.29. The number of ether oxygens (including phenoxy) is 2. The van der Waals surface area contributed by atoms with E-state index in [4.69, 9.17) is 15.2 Å². The Bertz CT molecular complexity index is 382. The number of rotatable bonds is 4. The topological polar surface area (TPSA) is 56.5 Å².